The van der Waals surface area contributed by atoms with Gasteiger partial charge >= 0.3 is 0 Å². The highest BCUT2D eigenvalue weighted by Crippen LogP contribution is 2.22. The molecule has 1 aromatic heterocycles. The highest BCUT2D eigenvalue weighted by molar-refractivity contribution is 7.11. The first-order valence-electron chi connectivity index (χ1n) is 6.77. The van der Waals surface area contributed by atoms with E-state index in [0.717, 1.165) is 10.7 Å². The zero-order chi connectivity index (χ0) is 15.2. The van der Waals surface area contributed by atoms with E-state index in [4.69, 9.17) is 5.11 Å². The standard InChI is InChI=1S/C15H19N3O2S/c1-10(2)15-17-8-13(21-15)7-16-11-4-3-5-12(6-11)18-14(20)9-19/h3-6,8,10,16,19H,7,9H2,1-2H3,(H,18,20). The molecule has 112 valence electrons. The lowest BCUT2D eigenvalue weighted by Crippen LogP contribution is -2.15. The summed E-state index contributed by atoms with van der Waals surface area (Å²) < 4.78 is 0. The number of amides is 1. The average Bonchev–Trinajstić information content (AvgIpc) is 2.94. The Morgan fingerprint density at radius 3 is 2.81 bits per heavy atom. The number of benzene rings is 1. The summed E-state index contributed by atoms with van der Waals surface area (Å²) in [6.07, 6.45) is 1.89. The molecule has 0 aliphatic rings. The predicted octanol–water partition coefficient (Wildman–Crippen LogP) is 2.81. The van der Waals surface area contributed by atoms with Crippen LogP contribution in [0.3, 0.4) is 0 Å². The number of aliphatic hydroxyl groups is 1. The van der Waals surface area contributed by atoms with Crippen LogP contribution >= 0.6 is 11.3 Å². The Balaban J connectivity index is 1.96. The zero-order valence-electron chi connectivity index (χ0n) is 12.1. The van der Waals surface area contributed by atoms with E-state index < -0.39 is 12.5 Å². The van der Waals surface area contributed by atoms with Crippen LogP contribution in [0.15, 0.2) is 30.5 Å². The molecule has 0 saturated carbocycles. The van der Waals surface area contributed by atoms with E-state index in [2.05, 4.69) is 29.5 Å². The molecule has 0 atom stereocenters. The smallest absolute Gasteiger partial charge is 0.250 e. The van der Waals surface area contributed by atoms with Crippen LogP contribution in [0, 0.1) is 0 Å². The van der Waals surface area contributed by atoms with Gasteiger partial charge in [0.15, 0.2) is 0 Å². The van der Waals surface area contributed by atoms with Crippen LogP contribution in [0.1, 0.15) is 29.7 Å². The minimum absolute atomic E-state index is 0.420. The maximum absolute atomic E-state index is 11.2. The zero-order valence-corrected chi connectivity index (χ0v) is 12.9. The largest absolute Gasteiger partial charge is 0.387 e. The highest BCUT2D eigenvalue weighted by atomic mass is 32.1. The maximum atomic E-state index is 11.2. The lowest BCUT2D eigenvalue weighted by atomic mass is 10.2. The van der Waals surface area contributed by atoms with Crippen molar-refractivity contribution in [3.05, 3.63) is 40.3 Å². The van der Waals surface area contributed by atoms with Gasteiger partial charge in [0, 0.05) is 28.4 Å². The van der Waals surface area contributed by atoms with Crippen LogP contribution < -0.4 is 10.6 Å². The molecule has 21 heavy (non-hydrogen) atoms. The molecule has 0 spiro atoms. The van der Waals surface area contributed by atoms with Crippen LogP contribution in [0.4, 0.5) is 11.4 Å². The molecule has 0 aliphatic heterocycles. The quantitative estimate of drug-likeness (QED) is 0.767. The van der Waals surface area contributed by atoms with Crippen LogP contribution in [0.2, 0.25) is 0 Å². The van der Waals surface area contributed by atoms with Gasteiger partial charge in [0.1, 0.15) is 6.61 Å². The molecule has 5 nitrogen and oxygen atoms in total. The first kappa shape index (κ1) is 15.5. The van der Waals surface area contributed by atoms with Gasteiger partial charge in [0.25, 0.3) is 0 Å². The summed E-state index contributed by atoms with van der Waals surface area (Å²) in [5.41, 5.74) is 1.57. The van der Waals surface area contributed by atoms with Crippen molar-refractivity contribution < 1.29 is 9.90 Å². The summed E-state index contributed by atoms with van der Waals surface area (Å²) in [6, 6.07) is 7.39. The van der Waals surface area contributed by atoms with Crippen molar-refractivity contribution in [2.24, 2.45) is 0 Å². The van der Waals surface area contributed by atoms with E-state index in [9.17, 15) is 4.79 Å². The number of hydrogen-bond acceptors (Lipinski definition) is 5. The molecule has 0 aliphatic carbocycles. The van der Waals surface area contributed by atoms with Gasteiger partial charge in [-0.3, -0.25) is 4.79 Å². The van der Waals surface area contributed by atoms with Crippen LogP contribution in [0.25, 0.3) is 0 Å². The van der Waals surface area contributed by atoms with Gasteiger partial charge in [0.2, 0.25) is 5.91 Å². The van der Waals surface area contributed by atoms with Crippen molar-refractivity contribution in [2.45, 2.75) is 26.3 Å². The molecule has 6 heteroatoms. The Morgan fingerprint density at radius 1 is 1.38 bits per heavy atom. The summed E-state index contributed by atoms with van der Waals surface area (Å²) in [5, 5.41) is 15.8. The van der Waals surface area contributed by atoms with Crippen molar-refractivity contribution in [3.8, 4) is 0 Å². The number of thiazole rings is 1. The van der Waals surface area contributed by atoms with Crippen molar-refractivity contribution in [2.75, 3.05) is 17.2 Å². The van der Waals surface area contributed by atoms with Gasteiger partial charge in [-0.2, -0.15) is 0 Å². The number of aliphatic hydroxyl groups excluding tert-OH is 1. The van der Waals surface area contributed by atoms with Gasteiger partial charge in [-0.05, 0) is 18.2 Å². The Labute approximate surface area is 128 Å². The molecule has 3 N–H and O–H groups in total. The number of carbonyl (C=O) groups excluding carboxylic acids is 1. The second-order valence-electron chi connectivity index (χ2n) is 4.96. The Hall–Kier alpha value is -1.92. The molecule has 0 fully saturated rings. The van der Waals surface area contributed by atoms with Gasteiger partial charge in [0.05, 0.1) is 11.6 Å². The van der Waals surface area contributed by atoms with Crippen LogP contribution in [-0.2, 0) is 11.3 Å². The summed E-state index contributed by atoms with van der Waals surface area (Å²) in [5.74, 6) is 0.0250. The van der Waals surface area contributed by atoms with E-state index in [1.807, 2.05) is 24.4 Å². The van der Waals surface area contributed by atoms with Crippen LogP contribution in [-0.4, -0.2) is 22.6 Å². The Morgan fingerprint density at radius 2 is 2.14 bits per heavy atom. The monoisotopic (exact) mass is 305 g/mol. The number of carbonyl (C=O) groups is 1. The molecule has 0 saturated heterocycles. The molecular formula is C15H19N3O2S. The van der Waals surface area contributed by atoms with Gasteiger partial charge in [-0.1, -0.05) is 19.9 Å². The second kappa shape index (κ2) is 7.19. The molecule has 2 aromatic rings. The Kier molecular flexibility index (Phi) is 5.30. The fourth-order valence-corrected chi connectivity index (χ4v) is 2.63. The van der Waals surface area contributed by atoms with Gasteiger partial charge in [-0.15, -0.1) is 11.3 Å². The van der Waals surface area contributed by atoms with Crippen molar-refractivity contribution in [3.63, 3.8) is 0 Å². The van der Waals surface area contributed by atoms with Gasteiger partial charge < -0.3 is 15.7 Å². The van der Waals surface area contributed by atoms with Crippen molar-refractivity contribution in [1.82, 2.24) is 4.98 Å². The maximum Gasteiger partial charge on any atom is 0.250 e. The number of aromatic nitrogens is 1. The first-order chi connectivity index (χ1) is 10.1. The van der Waals surface area contributed by atoms with E-state index in [1.165, 1.54) is 4.88 Å². The topological polar surface area (TPSA) is 74.2 Å². The molecule has 1 aromatic carbocycles. The summed E-state index contributed by atoms with van der Waals surface area (Å²) in [7, 11) is 0. The second-order valence-corrected chi connectivity index (χ2v) is 6.11. The fraction of sp³-hybridized carbons (Fsp3) is 0.333. The number of hydrogen-bond donors (Lipinski definition) is 3. The molecular weight excluding hydrogens is 286 g/mol. The summed E-state index contributed by atoms with van der Waals surface area (Å²) >= 11 is 1.70. The first-order valence-corrected chi connectivity index (χ1v) is 7.59. The molecule has 1 heterocycles. The van der Waals surface area contributed by atoms with Crippen LogP contribution in [0.5, 0.6) is 0 Å². The Bertz CT molecular complexity index is 610. The fourth-order valence-electron chi connectivity index (χ4n) is 1.77. The normalized spacial score (nSPS) is 10.7. The molecule has 0 radical (unpaired) electrons. The number of anilines is 2. The SMILES string of the molecule is CC(C)c1ncc(CNc2cccc(NC(=O)CO)c2)s1. The summed E-state index contributed by atoms with van der Waals surface area (Å²) in [4.78, 5) is 16.7. The predicted molar refractivity (Wildman–Crippen MR) is 85.7 cm³/mol. The van der Waals surface area contributed by atoms with Crippen molar-refractivity contribution in [1.29, 1.82) is 0 Å². The average molecular weight is 305 g/mol. The molecule has 0 unspecified atom stereocenters. The number of nitrogens with zero attached hydrogens (tertiary/aromatic N) is 1. The van der Waals surface area contributed by atoms with Gasteiger partial charge in [-0.25, -0.2) is 4.98 Å². The van der Waals surface area contributed by atoms with E-state index in [0.29, 0.717) is 18.2 Å². The molecule has 1 amide bonds. The third-order valence-corrected chi connectivity index (χ3v) is 4.12. The summed E-state index contributed by atoms with van der Waals surface area (Å²) in [6.45, 7) is 4.44. The minimum Gasteiger partial charge on any atom is -0.387 e. The molecule has 2 rings (SSSR count). The van der Waals surface area contributed by atoms with E-state index >= 15 is 0 Å². The third kappa shape index (κ3) is 4.54. The highest BCUT2D eigenvalue weighted by Gasteiger charge is 2.06. The lowest BCUT2D eigenvalue weighted by molar-refractivity contribution is -0.118. The number of rotatable bonds is 6. The van der Waals surface area contributed by atoms with Crippen molar-refractivity contribution >= 4 is 28.6 Å². The molecule has 0 bridgehead atoms. The van der Waals surface area contributed by atoms with E-state index in [-0.39, 0.29) is 0 Å². The van der Waals surface area contributed by atoms with E-state index in [1.54, 1.807) is 17.4 Å². The number of nitrogens with one attached hydrogen (secondary N) is 2. The lowest BCUT2D eigenvalue weighted by Gasteiger charge is -2.08. The minimum atomic E-state index is -0.517. The third-order valence-electron chi connectivity index (χ3n) is 2.82.